The van der Waals surface area contributed by atoms with Crippen molar-refractivity contribution in [2.45, 2.75) is 12.5 Å². The van der Waals surface area contributed by atoms with Gasteiger partial charge in [0.15, 0.2) is 0 Å². The summed E-state index contributed by atoms with van der Waals surface area (Å²) in [5.41, 5.74) is 1.04. The standard InChI is InChI=1S/C14H16N4/c1-2-4-12-10(3-1)8-16-14(17-12)18-6-5-11-7-15-9-13(11)18/h1-4,8,11,13,15H,5-7,9H2. The molecule has 2 aromatic rings. The van der Waals surface area contributed by atoms with Gasteiger partial charge in [-0.05, 0) is 18.4 Å². The van der Waals surface area contributed by atoms with Crippen molar-refractivity contribution in [1.29, 1.82) is 0 Å². The Kier molecular flexibility index (Phi) is 2.23. The monoisotopic (exact) mass is 240 g/mol. The Balaban J connectivity index is 1.74. The molecule has 2 atom stereocenters. The first-order valence-electron chi connectivity index (χ1n) is 6.61. The number of hydrogen-bond acceptors (Lipinski definition) is 4. The minimum atomic E-state index is 0.589. The number of aromatic nitrogens is 2. The third kappa shape index (κ3) is 1.49. The smallest absolute Gasteiger partial charge is 0.226 e. The highest BCUT2D eigenvalue weighted by molar-refractivity contribution is 5.78. The van der Waals surface area contributed by atoms with Crippen molar-refractivity contribution in [1.82, 2.24) is 15.3 Å². The fourth-order valence-electron chi connectivity index (χ4n) is 3.20. The molecule has 0 aliphatic carbocycles. The number of benzene rings is 1. The summed E-state index contributed by atoms with van der Waals surface area (Å²) in [6.07, 6.45) is 3.20. The predicted octanol–water partition coefficient (Wildman–Crippen LogP) is 1.43. The average molecular weight is 240 g/mol. The van der Waals surface area contributed by atoms with Crippen LogP contribution in [0.4, 0.5) is 5.95 Å². The molecule has 1 aromatic heterocycles. The molecule has 1 N–H and O–H groups in total. The summed E-state index contributed by atoms with van der Waals surface area (Å²) in [7, 11) is 0. The molecular formula is C14H16N4. The zero-order valence-electron chi connectivity index (χ0n) is 10.2. The second-order valence-corrected chi connectivity index (χ2v) is 5.20. The lowest BCUT2D eigenvalue weighted by Gasteiger charge is -2.23. The molecule has 18 heavy (non-hydrogen) atoms. The largest absolute Gasteiger partial charge is 0.336 e. The Morgan fingerprint density at radius 3 is 3.17 bits per heavy atom. The van der Waals surface area contributed by atoms with Crippen LogP contribution in [0, 0.1) is 5.92 Å². The number of nitrogens with zero attached hydrogens (tertiary/aromatic N) is 3. The highest BCUT2D eigenvalue weighted by Gasteiger charge is 2.38. The molecule has 2 saturated heterocycles. The van der Waals surface area contributed by atoms with Crippen molar-refractivity contribution in [3.05, 3.63) is 30.5 Å². The first kappa shape index (κ1) is 10.3. The summed E-state index contributed by atoms with van der Waals surface area (Å²) in [5.74, 6) is 1.67. The zero-order chi connectivity index (χ0) is 11.9. The number of fused-ring (bicyclic) bond motifs is 2. The molecule has 0 saturated carbocycles. The van der Waals surface area contributed by atoms with E-state index in [4.69, 9.17) is 4.98 Å². The van der Waals surface area contributed by atoms with Crippen molar-refractivity contribution >= 4 is 16.9 Å². The zero-order valence-corrected chi connectivity index (χ0v) is 10.2. The molecule has 92 valence electrons. The van der Waals surface area contributed by atoms with Gasteiger partial charge in [-0.15, -0.1) is 0 Å². The highest BCUT2D eigenvalue weighted by atomic mass is 15.3. The summed E-state index contributed by atoms with van der Waals surface area (Å²) < 4.78 is 0. The van der Waals surface area contributed by atoms with Gasteiger partial charge in [0.1, 0.15) is 0 Å². The lowest BCUT2D eigenvalue weighted by Crippen LogP contribution is -2.35. The SMILES string of the molecule is c1ccc2nc(N3CCC4CNCC43)ncc2c1. The van der Waals surface area contributed by atoms with Crippen LogP contribution in [-0.4, -0.2) is 35.6 Å². The number of hydrogen-bond donors (Lipinski definition) is 1. The van der Waals surface area contributed by atoms with Gasteiger partial charge in [-0.1, -0.05) is 18.2 Å². The van der Waals surface area contributed by atoms with E-state index in [1.807, 2.05) is 18.3 Å². The number of nitrogens with one attached hydrogen (secondary N) is 1. The molecule has 0 spiro atoms. The van der Waals surface area contributed by atoms with Crippen LogP contribution in [0.5, 0.6) is 0 Å². The van der Waals surface area contributed by atoms with Gasteiger partial charge in [0.05, 0.1) is 5.52 Å². The number of rotatable bonds is 1. The summed E-state index contributed by atoms with van der Waals surface area (Å²) in [6.45, 7) is 3.31. The molecule has 0 bridgehead atoms. The fraction of sp³-hybridized carbons (Fsp3) is 0.429. The Bertz CT molecular complexity index is 583. The van der Waals surface area contributed by atoms with Gasteiger partial charge in [-0.25, -0.2) is 9.97 Å². The fourth-order valence-corrected chi connectivity index (χ4v) is 3.20. The topological polar surface area (TPSA) is 41.1 Å². The molecule has 4 heteroatoms. The van der Waals surface area contributed by atoms with Crippen molar-refractivity contribution in [3.8, 4) is 0 Å². The van der Waals surface area contributed by atoms with E-state index in [1.54, 1.807) is 0 Å². The Morgan fingerprint density at radius 1 is 1.22 bits per heavy atom. The number of anilines is 1. The van der Waals surface area contributed by atoms with Crippen molar-refractivity contribution in [3.63, 3.8) is 0 Å². The normalized spacial score (nSPS) is 26.8. The van der Waals surface area contributed by atoms with E-state index >= 15 is 0 Å². The Hall–Kier alpha value is -1.68. The van der Waals surface area contributed by atoms with Crippen molar-refractivity contribution < 1.29 is 0 Å². The van der Waals surface area contributed by atoms with Crippen LogP contribution in [0.15, 0.2) is 30.5 Å². The summed E-state index contributed by atoms with van der Waals surface area (Å²) >= 11 is 0. The van der Waals surface area contributed by atoms with Gasteiger partial charge in [-0.3, -0.25) is 0 Å². The Morgan fingerprint density at radius 2 is 2.17 bits per heavy atom. The predicted molar refractivity (Wildman–Crippen MR) is 71.6 cm³/mol. The first-order valence-corrected chi connectivity index (χ1v) is 6.61. The molecule has 0 amide bonds. The molecule has 3 heterocycles. The Labute approximate surface area is 106 Å². The van der Waals surface area contributed by atoms with Crippen LogP contribution in [0.3, 0.4) is 0 Å². The van der Waals surface area contributed by atoms with E-state index in [0.29, 0.717) is 6.04 Å². The van der Waals surface area contributed by atoms with Gasteiger partial charge >= 0.3 is 0 Å². The van der Waals surface area contributed by atoms with E-state index < -0.39 is 0 Å². The summed E-state index contributed by atoms with van der Waals surface area (Å²) in [5, 5.41) is 4.58. The van der Waals surface area contributed by atoms with E-state index in [0.717, 1.165) is 42.4 Å². The van der Waals surface area contributed by atoms with Crippen molar-refractivity contribution in [2.75, 3.05) is 24.5 Å². The minimum Gasteiger partial charge on any atom is -0.336 e. The lowest BCUT2D eigenvalue weighted by molar-refractivity contribution is 0.576. The van der Waals surface area contributed by atoms with Crippen LogP contribution in [-0.2, 0) is 0 Å². The van der Waals surface area contributed by atoms with Crippen LogP contribution < -0.4 is 10.2 Å². The van der Waals surface area contributed by atoms with Gasteiger partial charge in [0, 0.05) is 37.3 Å². The molecule has 2 aliphatic rings. The van der Waals surface area contributed by atoms with E-state index in [9.17, 15) is 0 Å². The van der Waals surface area contributed by atoms with E-state index in [1.165, 1.54) is 6.42 Å². The van der Waals surface area contributed by atoms with Gasteiger partial charge in [0.25, 0.3) is 0 Å². The second kappa shape index (κ2) is 3.92. The molecule has 4 nitrogen and oxygen atoms in total. The lowest BCUT2D eigenvalue weighted by atomic mass is 10.1. The quantitative estimate of drug-likeness (QED) is 0.818. The van der Waals surface area contributed by atoms with Crippen LogP contribution >= 0.6 is 0 Å². The van der Waals surface area contributed by atoms with Gasteiger partial charge < -0.3 is 10.2 Å². The number of para-hydroxylation sites is 1. The maximum absolute atomic E-state index is 4.70. The third-order valence-electron chi connectivity index (χ3n) is 4.18. The molecule has 2 unspecified atom stereocenters. The maximum atomic E-state index is 4.70. The summed E-state index contributed by atoms with van der Waals surface area (Å²) in [4.78, 5) is 11.6. The highest BCUT2D eigenvalue weighted by Crippen LogP contribution is 2.30. The minimum absolute atomic E-state index is 0.589. The van der Waals surface area contributed by atoms with Crippen molar-refractivity contribution in [2.24, 2.45) is 5.92 Å². The molecule has 2 fully saturated rings. The van der Waals surface area contributed by atoms with Gasteiger partial charge in [-0.2, -0.15) is 0 Å². The molecule has 1 aromatic carbocycles. The average Bonchev–Trinajstić information content (AvgIpc) is 3.00. The maximum Gasteiger partial charge on any atom is 0.226 e. The molecule has 0 radical (unpaired) electrons. The molecule has 4 rings (SSSR count). The molecule has 2 aliphatic heterocycles. The molecular weight excluding hydrogens is 224 g/mol. The van der Waals surface area contributed by atoms with Crippen LogP contribution in [0.1, 0.15) is 6.42 Å². The van der Waals surface area contributed by atoms with Crippen LogP contribution in [0.2, 0.25) is 0 Å². The first-order chi connectivity index (χ1) is 8.92. The van der Waals surface area contributed by atoms with Crippen LogP contribution in [0.25, 0.3) is 10.9 Å². The third-order valence-corrected chi connectivity index (χ3v) is 4.18. The second-order valence-electron chi connectivity index (χ2n) is 5.20. The summed E-state index contributed by atoms with van der Waals surface area (Å²) in [6, 6.07) is 8.76. The van der Waals surface area contributed by atoms with E-state index in [-0.39, 0.29) is 0 Å². The van der Waals surface area contributed by atoms with Gasteiger partial charge in [0.2, 0.25) is 5.95 Å². The van der Waals surface area contributed by atoms with E-state index in [2.05, 4.69) is 27.3 Å².